The summed E-state index contributed by atoms with van der Waals surface area (Å²) in [5.74, 6) is 2.31. The molecule has 0 aliphatic carbocycles. The molecule has 1 fully saturated rings. The van der Waals surface area contributed by atoms with Crippen molar-refractivity contribution in [1.82, 2.24) is 14.9 Å². The number of rotatable bonds is 4. The number of hydrogen-bond donors (Lipinski definition) is 1. The van der Waals surface area contributed by atoms with Crippen LogP contribution in [0.2, 0.25) is 0 Å². The van der Waals surface area contributed by atoms with Crippen molar-refractivity contribution in [2.45, 2.75) is 46.5 Å². The Kier molecular flexibility index (Phi) is 5.87. The van der Waals surface area contributed by atoms with Gasteiger partial charge in [0.05, 0.1) is 5.56 Å². The summed E-state index contributed by atoms with van der Waals surface area (Å²) in [5.41, 5.74) is 2.36. The molecule has 0 saturated carbocycles. The lowest BCUT2D eigenvalue weighted by Crippen LogP contribution is -2.49. The Hall–Kier alpha value is -2.63. The van der Waals surface area contributed by atoms with E-state index in [4.69, 9.17) is 4.98 Å². The number of aromatic nitrogens is 2. The van der Waals surface area contributed by atoms with Crippen LogP contribution < -0.4 is 4.90 Å². The van der Waals surface area contributed by atoms with E-state index in [0.29, 0.717) is 37.7 Å². The molecule has 1 amide bonds. The van der Waals surface area contributed by atoms with Crippen LogP contribution in [0.15, 0.2) is 24.3 Å². The number of anilines is 1. The molecule has 2 aromatic rings. The van der Waals surface area contributed by atoms with Crippen LogP contribution in [-0.4, -0.2) is 52.1 Å². The van der Waals surface area contributed by atoms with Gasteiger partial charge in [-0.2, -0.15) is 0 Å². The van der Waals surface area contributed by atoms with Gasteiger partial charge in [0.2, 0.25) is 0 Å². The predicted molar refractivity (Wildman–Crippen MR) is 111 cm³/mol. The average molecular weight is 383 g/mol. The summed E-state index contributed by atoms with van der Waals surface area (Å²) in [6.07, 6.45) is 0. The monoisotopic (exact) mass is 382 g/mol. The Labute approximate surface area is 167 Å². The number of phenolic OH excluding ortho intramolecular Hbond substituents is 1. The Balaban J connectivity index is 1.69. The van der Waals surface area contributed by atoms with Crippen molar-refractivity contribution in [3.8, 4) is 5.75 Å². The second kappa shape index (κ2) is 8.17. The Morgan fingerprint density at radius 3 is 2.25 bits per heavy atom. The highest BCUT2D eigenvalue weighted by Crippen LogP contribution is 2.26. The van der Waals surface area contributed by atoms with Crippen molar-refractivity contribution >= 4 is 11.7 Å². The molecule has 1 aromatic heterocycles. The molecule has 1 aliphatic rings. The van der Waals surface area contributed by atoms with Gasteiger partial charge in [0.25, 0.3) is 5.91 Å². The SMILES string of the molecule is Cc1cc(N2CCN(C(=O)c3ccc(C(C)C)cc3O)CC2)nc(C(C)C)n1. The van der Waals surface area contributed by atoms with Crippen LogP contribution in [-0.2, 0) is 0 Å². The normalized spacial score (nSPS) is 14.8. The van der Waals surface area contributed by atoms with Gasteiger partial charge in [-0.1, -0.05) is 33.8 Å². The quantitative estimate of drug-likeness (QED) is 0.873. The zero-order valence-corrected chi connectivity index (χ0v) is 17.4. The molecule has 0 spiro atoms. The van der Waals surface area contributed by atoms with E-state index in [-0.39, 0.29) is 17.6 Å². The second-order valence-corrected chi connectivity index (χ2v) is 8.09. The lowest BCUT2D eigenvalue weighted by atomic mass is 10.0. The summed E-state index contributed by atoms with van der Waals surface area (Å²) in [7, 11) is 0. The molecule has 28 heavy (non-hydrogen) atoms. The van der Waals surface area contributed by atoms with E-state index in [0.717, 1.165) is 22.9 Å². The fourth-order valence-electron chi connectivity index (χ4n) is 3.39. The zero-order valence-electron chi connectivity index (χ0n) is 17.4. The van der Waals surface area contributed by atoms with Gasteiger partial charge in [-0.25, -0.2) is 9.97 Å². The van der Waals surface area contributed by atoms with Crippen molar-refractivity contribution in [2.75, 3.05) is 31.1 Å². The maximum atomic E-state index is 12.9. The van der Waals surface area contributed by atoms with Gasteiger partial charge in [-0.3, -0.25) is 4.79 Å². The van der Waals surface area contributed by atoms with E-state index in [9.17, 15) is 9.90 Å². The molecule has 6 nitrogen and oxygen atoms in total. The van der Waals surface area contributed by atoms with E-state index in [1.165, 1.54) is 0 Å². The molecule has 1 N–H and O–H groups in total. The highest BCUT2D eigenvalue weighted by atomic mass is 16.3. The van der Waals surface area contributed by atoms with Crippen LogP contribution in [0.5, 0.6) is 5.75 Å². The van der Waals surface area contributed by atoms with Crippen molar-refractivity contribution in [2.24, 2.45) is 0 Å². The summed E-state index contributed by atoms with van der Waals surface area (Å²) < 4.78 is 0. The third-order valence-electron chi connectivity index (χ3n) is 5.18. The lowest BCUT2D eigenvalue weighted by Gasteiger charge is -2.35. The lowest BCUT2D eigenvalue weighted by molar-refractivity contribution is 0.0743. The molecule has 0 unspecified atom stereocenters. The van der Waals surface area contributed by atoms with Crippen LogP contribution in [0.4, 0.5) is 5.82 Å². The van der Waals surface area contributed by atoms with Crippen LogP contribution in [0.3, 0.4) is 0 Å². The van der Waals surface area contributed by atoms with Gasteiger partial charge < -0.3 is 14.9 Å². The maximum absolute atomic E-state index is 12.9. The standard InChI is InChI=1S/C22H30N4O2/c1-14(2)17-6-7-18(19(27)13-17)22(28)26-10-8-25(9-11-26)20-12-16(5)23-21(24-20)15(3)4/h6-7,12-15,27H,8-11H2,1-5H3. The van der Waals surface area contributed by atoms with Gasteiger partial charge in [0, 0.05) is 43.9 Å². The number of nitrogens with zero attached hydrogens (tertiary/aromatic N) is 4. The first-order valence-electron chi connectivity index (χ1n) is 9.99. The van der Waals surface area contributed by atoms with Gasteiger partial charge in [-0.05, 0) is 30.5 Å². The summed E-state index contributed by atoms with van der Waals surface area (Å²) >= 11 is 0. The first-order chi connectivity index (χ1) is 13.3. The number of amides is 1. The highest BCUT2D eigenvalue weighted by molar-refractivity contribution is 5.97. The predicted octanol–water partition coefficient (Wildman–Crippen LogP) is 3.70. The fourth-order valence-corrected chi connectivity index (χ4v) is 3.39. The van der Waals surface area contributed by atoms with Gasteiger partial charge in [0.15, 0.2) is 0 Å². The molecule has 150 valence electrons. The van der Waals surface area contributed by atoms with Crippen LogP contribution in [0, 0.1) is 6.92 Å². The van der Waals surface area contributed by atoms with Crippen molar-refractivity contribution in [1.29, 1.82) is 0 Å². The molecule has 1 aromatic carbocycles. The third kappa shape index (κ3) is 4.26. The molecule has 6 heteroatoms. The van der Waals surface area contributed by atoms with Crippen LogP contribution in [0.25, 0.3) is 0 Å². The van der Waals surface area contributed by atoms with Crippen molar-refractivity contribution in [3.63, 3.8) is 0 Å². The van der Waals surface area contributed by atoms with E-state index >= 15 is 0 Å². The number of phenols is 1. The molecule has 3 rings (SSSR count). The molecule has 0 atom stereocenters. The number of aromatic hydroxyl groups is 1. The van der Waals surface area contributed by atoms with E-state index < -0.39 is 0 Å². The minimum atomic E-state index is -0.116. The minimum absolute atomic E-state index is 0.0617. The molecule has 2 heterocycles. The second-order valence-electron chi connectivity index (χ2n) is 8.09. The smallest absolute Gasteiger partial charge is 0.257 e. The zero-order chi connectivity index (χ0) is 20.4. The Morgan fingerprint density at radius 2 is 1.68 bits per heavy atom. The maximum Gasteiger partial charge on any atom is 0.257 e. The molecule has 0 radical (unpaired) electrons. The largest absolute Gasteiger partial charge is 0.507 e. The molecular formula is C22H30N4O2. The van der Waals surface area contributed by atoms with E-state index in [2.05, 4.69) is 37.6 Å². The van der Waals surface area contributed by atoms with E-state index in [1.54, 1.807) is 17.0 Å². The summed E-state index contributed by atoms with van der Waals surface area (Å²) in [6, 6.07) is 7.36. The van der Waals surface area contributed by atoms with Crippen molar-refractivity contribution < 1.29 is 9.90 Å². The van der Waals surface area contributed by atoms with Crippen molar-refractivity contribution in [3.05, 3.63) is 46.9 Å². The molecule has 1 saturated heterocycles. The van der Waals surface area contributed by atoms with Gasteiger partial charge >= 0.3 is 0 Å². The molecule has 1 aliphatic heterocycles. The van der Waals surface area contributed by atoms with Gasteiger partial charge in [-0.15, -0.1) is 0 Å². The summed E-state index contributed by atoms with van der Waals surface area (Å²) in [5, 5.41) is 10.3. The Morgan fingerprint density at radius 1 is 1.00 bits per heavy atom. The highest BCUT2D eigenvalue weighted by Gasteiger charge is 2.25. The number of aryl methyl sites for hydroxylation is 1. The summed E-state index contributed by atoms with van der Waals surface area (Å²) in [6.45, 7) is 12.9. The summed E-state index contributed by atoms with van der Waals surface area (Å²) in [4.78, 5) is 26.1. The number of carbonyl (C=O) groups is 1. The average Bonchev–Trinajstić information content (AvgIpc) is 2.67. The van der Waals surface area contributed by atoms with Crippen LogP contribution >= 0.6 is 0 Å². The number of hydrogen-bond acceptors (Lipinski definition) is 5. The van der Waals surface area contributed by atoms with E-state index in [1.807, 2.05) is 19.1 Å². The molecular weight excluding hydrogens is 352 g/mol. The fraction of sp³-hybridized carbons (Fsp3) is 0.500. The first-order valence-corrected chi connectivity index (χ1v) is 9.99. The minimum Gasteiger partial charge on any atom is -0.507 e. The Bertz CT molecular complexity index is 856. The number of piperazine rings is 1. The number of benzene rings is 1. The molecule has 0 bridgehead atoms. The first kappa shape index (κ1) is 20.1. The van der Waals surface area contributed by atoms with Crippen LogP contribution in [0.1, 0.15) is 67.0 Å². The van der Waals surface area contributed by atoms with Gasteiger partial charge in [0.1, 0.15) is 17.4 Å². The topological polar surface area (TPSA) is 69.6 Å². The third-order valence-corrected chi connectivity index (χ3v) is 5.18. The number of carbonyl (C=O) groups excluding carboxylic acids is 1.